The molecular formula is C13H15NOS. The van der Waals surface area contributed by atoms with Crippen LogP contribution in [-0.2, 0) is 6.42 Å². The summed E-state index contributed by atoms with van der Waals surface area (Å²) in [6.07, 6.45) is 4.89. The van der Waals surface area contributed by atoms with Crippen LogP contribution in [0.25, 0.3) is 0 Å². The number of aromatic nitrogens is 1. The first-order chi connectivity index (χ1) is 7.75. The Balaban J connectivity index is 1.91. The molecule has 16 heavy (non-hydrogen) atoms. The monoisotopic (exact) mass is 233 g/mol. The van der Waals surface area contributed by atoms with E-state index in [-0.39, 0.29) is 6.10 Å². The predicted octanol–water partition coefficient (Wildman–Crippen LogP) is 3.12. The molecule has 0 radical (unpaired) electrons. The molecule has 0 aliphatic heterocycles. The Labute approximate surface area is 99.6 Å². The molecule has 0 aromatic carbocycles. The quantitative estimate of drug-likeness (QED) is 0.880. The summed E-state index contributed by atoms with van der Waals surface area (Å²) in [5.41, 5.74) is 1.22. The van der Waals surface area contributed by atoms with E-state index in [1.165, 1.54) is 10.4 Å². The Bertz CT molecular complexity index is 438. The molecule has 2 aromatic rings. The summed E-state index contributed by atoms with van der Waals surface area (Å²) in [4.78, 5) is 6.28. The first-order valence-corrected chi connectivity index (χ1v) is 6.20. The molecule has 0 aliphatic rings. The lowest BCUT2D eigenvalue weighted by molar-refractivity contribution is 0.171. The second-order valence-corrected chi connectivity index (χ2v) is 5.18. The number of hydrogen-bond acceptors (Lipinski definition) is 3. The van der Waals surface area contributed by atoms with Crippen molar-refractivity contribution in [3.63, 3.8) is 0 Å². The number of nitrogens with zero attached hydrogens (tertiary/aromatic N) is 1. The van der Waals surface area contributed by atoms with E-state index in [2.05, 4.69) is 18.0 Å². The van der Waals surface area contributed by atoms with E-state index in [1.54, 1.807) is 23.7 Å². The zero-order valence-electron chi connectivity index (χ0n) is 9.26. The maximum atomic E-state index is 9.99. The van der Waals surface area contributed by atoms with Crippen molar-refractivity contribution < 1.29 is 5.11 Å². The van der Waals surface area contributed by atoms with Gasteiger partial charge in [-0.05, 0) is 49.6 Å². The average Bonchev–Trinajstić information content (AvgIpc) is 2.74. The summed E-state index contributed by atoms with van der Waals surface area (Å²) in [5.74, 6) is 0. The standard InChI is InChI=1S/C13H15NOS/c1-10-2-5-13(16-10)12(15)4-3-11-6-8-14-9-7-11/h2,5-9,12,15H,3-4H2,1H3. The van der Waals surface area contributed by atoms with Crippen LogP contribution in [-0.4, -0.2) is 10.1 Å². The first kappa shape index (κ1) is 11.3. The minimum absolute atomic E-state index is 0.341. The third kappa shape index (κ3) is 2.90. The highest BCUT2D eigenvalue weighted by Gasteiger charge is 2.09. The van der Waals surface area contributed by atoms with E-state index < -0.39 is 0 Å². The van der Waals surface area contributed by atoms with Gasteiger partial charge in [0.2, 0.25) is 0 Å². The molecule has 0 bridgehead atoms. The summed E-state index contributed by atoms with van der Waals surface area (Å²) in [6.45, 7) is 2.06. The number of aliphatic hydroxyl groups is 1. The number of aliphatic hydroxyl groups excluding tert-OH is 1. The molecule has 2 heterocycles. The van der Waals surface area contributed by atoms with Crippen molar-refractivity contribution in [2.75, 3.05) is 0 Å². The van der Waals surface area contributed by atoms with Crippen molar-refractivity contribution in [3.05, 3.63) is 52.0 Å². The van der Waals surface area contributed by atoms with E-state index in [1.807, 2.05) is 18.2 Å². The van der Waals surface area contributed by atoms with Crippen molar-refractivity contribution in [2.45, 2.75) is 25.9 Å². The Kier molecular flexibility index (Phi) is 3.70. The van der Waals surface area contributed by atoms with Crippen LogP contribution in [0.15, 0.2) is 36.7 Å². The average molecular weight is 233 g/mol. The lowest BCUT2D eigenvalue weighted by atomic mass is 10.1. The van der Waals surface area contributed by atoms with Gasteiger partial charge in [-0.3, -0.25) is 4.98 Å². The van der Waals surface area contributed by atoms with E-state index in [9.17, 15) is 5.11 Å². The molecule has 0 saturated carbocycles. The van der Waals surface area contributed by atoms with Crippen LogP contribution in [0.5, 0.6) is 0 Å². The second-order valence-electron chi connectivity index (χ2n) is 3.86. The molecule has 2 aromatic heterocycles. The Morgan fingerprint density at radius 3 is 2.62 bits per heavy atom. The van der Waals surface area contributed by atoms with Crippen LogP contribution in [0.2, 0.25) is 0 Å². The minimum Gasteiger partial charge on any atom is -0.388 e. The van der Waals surface area contributed by atoms with Gasteiger partial charge in [0.1, 0.15) is 0 Å². The van der Waals surface area contributed by atoms with Gasteiger partial charge in [-0.25, -0.2) is 0 Å². The van der Waals surface area contributed by atoms with Gasteiger partial charge in [0.25, 0.3) is 0 Å². The van der Waals surface area contributed by atoms with E-state index >= 15 is 0 Å². The number of pyridine rings is 1. The molecule has 0 saturated heterocycles. The number of thiophene rings is 1. The SMILES string of the molecule is Cc1ccc(C(O)CCc2ccncc2)s1. The molecule has 0 aliphatic carbocycles. The lowest BCUT2D eigenvalue weighted by Gasteiger charge is -2.07. The van der Waals surface area contributed by atoms with Crippen molar-refractivity contribution >= 4 is 11.3 Å². The highest BCUT2D eigenvalue weighted by molar-refractivity contribution is 7.11. The fourth-order valence-corrected chi connectivity index (χ4v) is 2.53. The molecule has 3 heteroatoms. The van der Waals surface area contributed by atoms with Gasteiger partial charge in [-0.2, -0.15) is 0 Å². The van der Waals surface area contributed by atoms with E-state index in [0.29, 0.717) is 0 Å². The molecule has 1 N–H and O–H groups in total. The van der Waals surface area contributed by atoms with Crippen LogP contribution >= 0.6 is 11.3 Å². The lowest BCUT2D eigenvalue weighted by Crippen LogP contribution is -1.97. The molecule has 0 fully saturated rings. The third-order valence-electron chi connectivity index (χ3n) is 2.55. The van der Waals surface area contributed by atoms with Gasteiger partial charge in [0, 0.05) is 22.1 Å². The molecule has 0 spiro atoms. The predicted molar refractivity (Wildman–Crippen MR) is 66.6 cm³/mol. The summed E-state index contributed by atoms with van der Waals surface area (Å²) < 4.78 is 0. The molecule has 84 valence electrons. The Hall–Kier alpha value is -1.19. The van der Waals surface area contributed by atoms with Crippen LogP contribution < -0.4 is 0 Å². The Morgan fingerprint density at radius 2 is 2.00 bits per heavy atom. The topological polar surface area (TPSA) is 33.1 Å². The number of rotatable bonds is 4. The highest BCUT2D eigenvalue weighted by Crippen LogP contribution is 2.25. The van der Waals surface area contributed by atoms with Gasteiger partial charge in [-0.15, -0.1) is 11.3 Å². The zero-order valence-corrected chi connectivity index (χ0v) is 10.1. The molecule has 2 rings (SSSR count). The first-order valence-electron chi connectivity index (χ1n) is 5.39. The summed E-state index contributed by atoms with van der Waals surface area (Å²) in [7, 11) is 0. The summed E-state index contributed by atoms with van der Waals surface area (Å²) >= 11 is 1.67. The minimum atomic E-state index is -0.341. The number of hydrogen-bond donors (Lipinski definition) is 1. The van der Waals surface area contributed by atoms with E-state index in [4.69, 9.17) is 0 Å². The maximum Gasteiger partial charge on any atom is 0.0885 e. The molecular weight excluding hydrogens is 218 g/mol. The van der Waals surface area contributed by atoms with Crippen molar-refractivity contribution in [1.82, 2.24) is 4.98 Å². The summed E-state index contributed by atoms with van der Waals surface area (Å²) in [6, 6.07) is 8.05. The third-order valence-corrected chi connectivity index (χ3v) is 3.65. The molecule has 1 atom stereocenters. The largest absolute Gasteiger partial charge is 0.388 e. The highest BCUT2D eigenvalue weighted by atomic mass is 32.1. The normalized spacial score (nSPS) is 12.6. The van der Waals surface area contributed by atoms with Crippen molar-refractivity contribution in [1.29, 1.82) is 0 Å². The van der Waals surface area contributed by atoms with Gasteiger partial charge in [-0.1, -0.05) is 0 Å². The molecule has 2 nitrogen and oxygen atoms in total. The smallest absolute Gasteiger partial charge is 0.0885 e. The number of aryl methyl sites for hydroxylation is 2. The van der Waals surface area contributed by atoms with Crippen molar-refractivity contribution in [2.24, 2.45) is 0 Å². The molecule has 1 unspecified atom stereocenters. The van der Waals surface area contributed by atoms with Crippen LogP contribution in [0.1, 0.15) is 27.8 Å². The Morgan fingerprint density at radius 1 is 1.25 bits per heavy atom. The zero-order chi connectivity index (χ0) is 11.4. The molecule has 0 amide bonds. The van der Waals surface area contributed by atoms with Crippen LogP contribution in [0, 0.1) is 6.92 Å². The van der Waals surface area contributed by atoms with Gasteiger partial charge in [0.15, 0.2) is 0 Å². The van der Waals surface area contributed by atoms with Crippen molar-refractivity contribution in [3.8, 4) is 0 Å². The van der Waals surface area contributed by atoms with Gasteiger partial charge < -0.3 is 5.11 Å². The van der Waals surface area contributed by atoms with Gasteiger partial charge in [0.05, 0.1) is 6.10 Å². The fourth-order valence-electron chi connectivity index (χ4n) is 1.63. The summed E-state index contributed by atoms with van der Waals surface area (Å²) in [5, 5.41) is 9.99. The van der Waals surface area contributed by atoms with Crippen LogP contribution in [0.4, 0.5) is 0 Å². The second kappa shape index (κ2) is 5.23. The maximum absolute atomic E-state index is 9.99. The van der Waals surface area contributed by atoms with Gasteiger partial charge >= 0.3 is 0 Å². The van der Waals surface area contributed by atoms with Crippen LogP contribution in [0.3, 0.4) is 0 Å². The van der Waals surface area contributed by atoms with E-state index in [0.717, 1.165) is 17.7 Å². The fraction of sp³-hybridized carbons (Fsp3) is 0.308.